The van der Waals surface area contributed by atoms with Gasteiger partial charge in [0.15, 0.2) is 0 Å². The van der Waals surface area contributed by atoms with Crippen molar-refractivity contribution >= 4 is 45.2 Å². The fourth-order valence-corrected chi connectivity index (χ4v) is 3.64. The second kappa shape index (κ2) is 7.04. The lowest BCUT2D eigenvalue weighted by Crippen LogP contribution is -2.37. The predicted molar refractivity (Wildman–Crippen MR) is 82.6 cm³/mol. The Morgan fingerprint density at radius 2 is 2.00 bits per heavy atom. The third kappa shape index (κ3) is 4.45. The van der Waals surface area contributed by atoms with Crippen molar-refractivity contribution in [1.29, 1.82) is 0 Å². The summed E-state index contributed by atoms with van der Waals surface area (Å²) < 4.78 is 1.03. The number of carbonyl (C=O) groups excluding carboxylic acids is 1. The molecule has 1 aliphatic rings. The van der Waals surface area contributed by atoms with E-state index < -0.39 is 5.97 Å². The third-order valence-electron chi connectivity index (χ3n) is 3.42. The van der Waals surface area contributed by atoms with E-state index in [0.717, 1.165) is 21.5 Å². The second-order valence-electron chi connectivity index (χ2n) is 4.87. The molecule has 108 valence electrons. The van der Waals surface area contributed by atoms with E-state index in [1.54, 1.807) is 17.4 Å². The van der Waals surface area contributed by atoms with E-state index >= 15 is 0 Å². The second-order valence-corrected chi connectivity index (χ2v) is 7.37. The number of aliphatic carboxylic acids is 1. The molecule has 0 saturated heterocycles. The number of thiophene rings is 1. The van der Waals surface area contributed by atoms with Gasteiger partial charge in [0, 0.05) is 17.0 Å². The van der Waals surface area contributed by atoms with Crippen LogP contribution in [0.2, 0.25) is 0 Å². The van der Waals surface area contributed by atoms with Crippen LogP contribution in [0.15, 0.2) is 22.0 Å². The molecule has 4 nitrogen and oxygen atoms in total. The van der Waals surface area contributed by atoms with Crippen LogP contribution in [-0.2, 0) is 9.59 Å². The molecular weight excluding hydrogens is 342 g/mol. The molecule has 6 heteroatoms. The summed E-state index contributed by atoms with van der Waals surface area (Å²) in [5.74, 6) is -1.09. The molecule has 0 atom stereocenters. The summed E-state index contributed by atoms with van der Waals surface area (Å²) in [6.07, 6.45) is 6.07. The summed E-state index contributed by atoms with van der Waals surface area (Å²) in [6, 6.07) is 3.98. The summed E-state index contributed by atoms with van der Waals surface area (Å²) in [6.45, 7) is 0. The van der Waals surface area contributed by atoms with Crippen molar-refractivity contribution in [3.8, 4) is 0 Å². The van der Waals surface area contributed by atoms with Crippen LogP contribution in [-0.4, -0.2) is 23.0 Å². The Morgan fingerprint density at radius 3 is 2.55 bits per heavy atom. The number of rotatable bonds is 4. The molecule has 2 N–H and O–H groups in total. The molecule has 1 heterocycles. The lowest BCUT2D eigenvalue weighted by Gasteiger charge is -2.26. The Kier molecular flexibility index (Phi) is 5.37. The zero-order chi connectivity index (χ0) is 14.5. The Labute approximate surface area is 130 Å². The number of carbonyl (C=O) groups is 2. The Hall–Kier alpha value is -1.14. The number of carboxylic acid groups (broad SMARTS) is 1. The fourth-order valence-electron chi connectivity index (χ4n) is 2.31. The predicted octanol–water partition coefficient (Wildman–Crippen LogP) is 3.28. The summed E-state index contributed by atoms with van der Waals surface area (Å²) in [4.78, 5) is 23.6. The van der Waals surface area contributed by atoms with Gasteiger partial charge in [-0.3, -0.25) is 9.59 Å². The molecule has 20 heavy (non-hydrogen) atoms. The van der Waals surface area contributed by atoms with Gasteiger partial charge < -0.3 is 10.4 Å². The van der Waals surface area contributed by atoms with Crippen molar-refractivity contribution in [2.24, 2.45) is 5.92 Å². The fraction of sp³-hybridized carbons (Fsp3) is 0.429. The zero-order valence-electron chi connectivity index (χ0n) is 10.8. The molecule has 0 aliphatic heterocycles. The van der Waals surface area contributed by atoms with Gasteiger partial charge in [0.05, 0.1) is 9.70 Å². The number of halogens is 1. The maximum Gasteiger partial charge on any atom is 0.306 e. The molecule has 1 aromatic heterocycles. The third-order valence-corrected chi connectivity index (χ3v) is 5.00. The summed E-state index contributed by atoms with van der Waals surface area (Å²) in [5.41, 5.74) is 0. The minimum Gasteiger partial charge on any atom is -0.481 e. The molecule has 1 aliphatic carbocycles. The number of hydrogen-bond donors (Lipinski definition) is 2. The van der Waals surface area contributed by atoms with Crippen molar-refractivity contribution in [2.75, 3.05) is 0 Å². The molecule has 2 rings (SSSR count). The van der Waals surface area contributed by atoms with Gasteiger partial charge in [-0.05, 0) is 59.8 Å². The van der Waals surface area contributed by atoms with Crippen LogP contribution in [0.3, 0.4) is 0 Å². The maximum absolute atomic E-state index is 11.8. The Morgan fingerprint density at radius 1 is 1.30 bits per heavy atom. The highest BCUT2D eigenvalue weighted by Gasteiger charge is 2.26. The first-order valence-corrected chi connectivity index (χ1v) is 8.12. The highest BCUT2D eigenvalue weighted by Crippen LogP contribution is 2.25. The minimum atomic E-state index is -0.724. The van der Waals surface area contributed by atoms with E-state index in [1.807, 2.05) is 12.1 Å². The maximum atomic E-state index is 11.8. The monoisotopic (exact) mass is 357 g/mol. The molecule has 1 fully saturated rings. The van der Waals surface area contributed by atoms with Gasteiger partial charge in [-0.2, -0.15) is 0 Å². The first-order valence-electron chi connectivity index (χ1n) is 6.51. The number of nitrogens with one attached hydrogen (secondary N) is 1. The van der Waals surface area contributed by atoms with Crippen molar-refractivity contribution in [3.63, 3.8) is 0 Å². The first-order chi connectivity index (χ1) is 9.54. The molecule has 0 bridgehead atoms. The van der Waals surface area contributed by atoms with Crippen LogP contribution < -0.4 is 5.32 Å². The average Bonchev–Trinajstić information content (AvgIpc) is 2.83. The number of amides is 1. The van der Waals surface area contributed by atoms with Gasteiger partial charge in [0.25, 0.3) is 0 Å². The van der Waals surface area contributed by atoms with Crippen molar-refractivity contribution in [3.05, 3.63) is 26.9 Å². The smallest absolute Gasteiger partial charge is 0.306 e. The summed E-state index contributed by atoms with van der Waals surface area (Å²) in [7, 11) is 0. The van der Waals surface area contributed by atoms with Crippen molar-refractivity contribution < 1.29 is 14.7 Å². The van der Waals surface area contributed by atoms with Crippen LogP contribution >= 0.6 is 27.3 Å². The van der Waals surface area contributed by atoms with Crippen molar-refractivity contribution in [1.82, 2.24) is 5.32 Å². The van der Waals surface area contributed by atoms with Crippen LogP contribution in [0.5, 0.6) is 0 Å². The van der Waals surface area contributed by atoms with Gasteiger partial charge in [-0.15, -0.1) is 11.3 Å². The average molecular weight is 358 g/mol. The standard InChI is InChI=1S/C14H16BrNO3S/c15-12-7-5-11(20-12)6-8-13(17)16-10-3-1-9(2-4-10)14(18)19/h5-10H,1-4H2,(H,16,17)(H,18,19)/b8-6+. The van der Waals surface area contributed by atoms with E-state index in [2.05, 4.69) is 21.2 Å². The molecule has 1 amide bonds. The summed E-state index contributed by atoms with van der Waals surface area (Å²) >= 11 is 4.94. The van der Waals surface area contributed by atoms with Crippen LogP contribution in [0, 0.1) is 5.92 Å². The summed E-state index contributed by atoms with van der Waals surface area (Å²) in [5, 5.41) is 11.8. The number of carboxylic acids is 1. The zero-order valence-corrected chi connectivity index (χ0v) is 13.2. The van der Waals surface area contributed by atoms with E-state index in [0.29, 0.717) is 12.8 Å². The Bertz CT molecular complexity index is 518. The normalized spacial score (nSPS) is 22.9. The molecule has 0 unspecified atom stereocenters. The van der Waals surface area contributed by atoms with Gasteiger partial charge in [0.1, 0.15) is 0 Å². The van der Waals surface area contributed by atoms with Gasteiger partial charge in [-0.25, -0.2) is 0 Å². The largest absolute Gasteiger partial charge is 0.481 e. The van der Waals surface area contributed by atoms with E-state index in [4.69, 9.17) is 5.11 Å². The van der Waals surface area contributed by atoms with Crippen LogP contribution in [0.25, 0.3) is 6.08 Å². The van der Waals surface area contributed by atoms with Gasteiger partial charge in [-0.1, -0.05) is 0 Å². The Balaban J connectivity index is 1.78. The highest BCUT2D eigenvalue weighted by atomic mass is 79.9. The quantitative estimate of drug-likeness (QED) is 0.812. The van der Waals surface area contributed by atoms with Crippen LogP contribution in [0.1, 0.15) is 30.6 Å². The molecule has 0 spiro atoms. The SMILES string of the molecule is O=C(/C=C/c1ccc(Br)s1)NC1CCC(C(=O)O)CC1. The molecule has 1 saturated carbocycles. The van der Waals surface area contributed by atoms with Crippen molar-refractivity contribution in [2.45, 2.75) is 31.7 Å². The first kappa shape index (κ1) is 15.3. The van der Waals surface area contributed by atoms with Gasteiger partial charge >= 0.3 is 5.97 Å². The van der Waals surface area contributed by atoms with E-state index in [9.17, 15) is 9.59 Å². The topological polar surface area (TPSA) is 66.4 Å². The minimum absolute atomic E-state index is 0.0952. The van der Waals surface area contributed by atoms with Crippen LogP contribution in [0.4, 0.5) is 0 Å². The molecule has 1 aromatic rings. The van der Waals surface area contributed by atoms with E-state index in [-0.39, 0.29) is 17.9 Å². The highest BCUT2D eigenvalue weighted by molar-refractivity contribution is 9.11. The lowest BCUT2D eigenvalue weighted by molar-refractivity contribution is -0.142. The molecular formula is C14H16BrNO3S. The van der Waals surface area contributed by atoms with Gasteiger partial charge in [0.2, 0.25) is 5.91 Å². The number of hydrogen-bond acceptors (Lipinski definition) is 3. The molecule has 0 radical (unpaired) electrons. The van der Waals surface area contributed by atoms with E-state index in [1.165, 1.54) is 6.08 Å². The molecule has 0 aromatic carbocycles. The lowest BCUT2D eigenvalue weighted by atomic mass is 9.86.